The molecule has 0 radical (unpaired) electrons. The number of amides is 1. The minimum absolute atomic E-state index is 0.0155. The predicted molar refractivity (Wildman–Crippen MR) is 111 cm³/mol. The van der Waals surface area contributed by atoms with Gasteiger partial charge in [0.05, 0.1) is 11.3 Å². The SMILES string of the molecule is O=C(O)CSc1c2c(nc3cc(C(=O)Nc4ccc(F)cc4)ccc13)CCCC2. The van der Waals surface area contributed by atoms with Crippen LogP contribution in [0.1, 0.15) is 34.5 Å². The molecule has 0 bridgehead atoms. The van der Waals surface area contributed by atoms with E-state index < -0.39 is 5.97 Å². The maximum absolute atomic E-state index is 13.1. The third-order valence-electron chi connectivity index (χ3n) is 4.91. The van der Waals surface area contributed by atoms with Gasteiger partial charge in [0.2, 0.25) is 0 Å². The van der Waals surface area contributed by atoms with E-state index in [0.717, 1.165) is 47.2 Å². The molecule has 0 fully saturated rings. The second-order valence-corrected chi connectivity index (χ2v) is 7.93. The molecule has 1 amide bonds. The van der Waals surface area contributed by atoms with E-state index >= 15 is 0 Å². The number of carboxylic acid groups (broad SMARTS) is 1. The van der Waals surface area contributed by atoms with Crippen LogP contribution in [0.2, 0.25) is 0 Å². The molecule has 29 heavy (non-hydrogen) atoms. The van der Waals surface area contributed by atoms with Crippen molar-refractivity contribution in [1.29, 1.82) is 0 Å². The number of anilines is 1. The number of nitrogens with one attached hydrogen (secondary N) is 1. The average molecular weight is 410 g/mol. The van der Waals surface area contributed by atoms with Crippen LogP contribution in [0.3, 0.4) is 0 Å². The summed E-state index contributed by atoms with van der Waals surface area (Å²) in [6, 6.07) is 10.9. The fourth-order valence-electron chi connectivity index (χ4n) is 3.56. The zero-order chi connectivity index (χ0) is 20.4. The molecule has 2 aromatic carbocycles. The Labute approximate surface area is 171 Å². The summed E-state index contributed by atoms with van der Waals surface area (Å²) in [6.45, 7) is 0. The average Bonchev–Trinajstić information content (AvgIpc) is 2.72. The molecular formula is C22H19FN2O3S. The van der Waals surface area contributed by atoms with Crippen molar-refractivity contribution in [2.24, 2.45) is 0 Å². The first-order chi connectivity index (χ1) is 14.0. The van der Waals surface area contributed by atoms with Gasteiger partial charge in [-0.25, -0.2) is 4.39 Å². The zero-order valence-electron chi connectivity index (χ0n) is 15.6. The van der Waals surface area contributed by atoms with Gasteiger partial charge in [-0.3, -0.25) is 14.6 Å². The fraction of sp³-hybridized carbons (Fsp3) is 0.227. The van der Waals surface area contributed by atoms with Crippen molar-refractivity contribution >= 4 is 40.2 Å². The Morgan fingerprint density at radius 2 is 1.86 bits per heavy atom. The Hall–Kier alpha value is -2.93. The number of nitrogens with zero attached hydrogens (tertiary/aromatic N) is 1. The molecular weight excluding hydrogens is 391 g/mol. The van der Waals surface area contributed by atoms with Gasteiger partial charge in [0.1, 0.15) is 5.82 Å². The maximum atomic E-state index is 13.1. The molecule has 4 rings (SSSR count). The lowest BCUT2D eigenvalue weighted by Crippen LogP contribution is -2.13. The van der Waals surface area contributed by atoms with E-state index in [1.807, 2.05) is 6.07 Å². The van der Waals surface area contributed by atoms with Crippen LogP contribution in [-0.2, 0) is 17.6 Å². The van der Waals surface area contributed by atoms with Crippen LogP contribution in [0.4, 0.5) is 10.1 Å². The number of carbonyl (C=O) groups is 2. The van der Waals surface area contributed by atoms with Crippen molar-refractivity contribution in [3.63, 3.8) is 0 Å². The van der Waals surface area contributed by atoms with Crippen LogP contribution < -0.4 is 5.32 Å². The van der Waals surface area contributed by atoms with E-state index in [2.05, 4.69) is 5.32 Å². The van der Waals surface area contributed by atoms with Gasteiger partial charge >= 0.3 is 5.97 Å². The van der Waals surface area contributed by atoms with Gasteiger partial charge in [0, 0.05) is 27.2 Å². The van der Waals surface area contributed by atoms with Crippen molar-refractivity contribution in [3.05, 3.63) is 65.1 Å². The Balaban J connectivity index is 1.70. The van der Waals surface area contributed by atoms with Crippen molar-refractivity contribution in [2.75, 3.05) is 11.1 Å². The van der Waals surface area contributed by atoms with Gasteiger partial charge in [-0.1, -0.05) is 6.07 Å². The van der Waals surface area contributed by atoms with Crippen LogP contribution in [0.5, 0.6) is 0 Å². The highest BCUT2D eigenvalue weighted by Crippen LogP contribution is 2.36. The predicted octanol–water partition coefficient (Wildman–Crippen LogP) is 4.68. The molecule has 0 aliphatic heterocycles. The van der Waals surface area contributed by atoms with Crippen molar-refractivity contribution in [2.45, 2.75) is 30.6 Å². The van der Waals surface area contributed by atoms with E-state index in [0.29, 0.717) is 16.8 Å². The number of aromatic nitrogens is 1. The molecule has 0 unspecified atom stereocenters. The highest BCUT2D eigenvalue weighted by Gasteiger charge is 2.20. The lowest BCUT2D eigenvalue weighted by atomic mass is 9.94. The molecule has 0 saturated carbocycles. The maximum Gasteiger partial charge on any atom is 0.313 e. The van der Waals surface area contributed by atoms with E-state index in [9.17, 15) is 14.0 Å². The summed E-state index contributed by atoms with van der Waals surface area (Å²) in [6.07, 6.45) is 3.88. The van der Waals surface area contributed by atoms with Gasteiger partial charge < -0.3 is 10.4 Å². The summed E-state index contributed by atoms with van der Waals surface area (Å²) < 4.78 is 13.1. The van der Waals surface area contributed by atoms with E-state index in [-0.39, 0.29) is 17.5 Å². The number of aliphatic carboxylic acids is 1. The van der Waals surface area contributed by atoms with Gasteiger partial charge in [-0.15, -0.1) is 11.8 Å². The number of carboxylic acids is 1. The summed E-state index contributed by atoms with van der Waals surface area (Å²) in [5.41, 5.74) is 3.77. The molecule has 0 saturated heterocycles. The number of rotatable bonds is 5. The number of hydrogen-bond donors (Lipinski definition) is 2. The largest absolute Gasteiger partial charge is 0.481 e. The lowest BCUT2D eigenvalue weighted by Gasteiger charge is -2.20. The van der Waals surface area contributed by atoms with Crippen LogP contribution in [0.15, 0.2) is 47.4 Å². The molecule has 1 heterocycles. The number of hydrogen-bond acceptors (Lipinski definition) is 4. The minimum Gasteiger partial charge on any atom is -0.481 e. The van der Waals surface area contributed by atoms with Crippen LogP contribution in [-0.4, -0.2) is 27.7 Å². The molecule has 0 atom stereocenters. The molecule has 7 heteroatoms. The van der Waals surface area contributed by atoms with E-state index in [1.165, 1.54) is 36.0 Å². The van der Waals surface area contributed by atoms with Gasteiger partial charge in [0.15, 0.2) is 0 Å². The summed E-state index contributed by atoms with van der Waals surface area (Å²) in [5, 5.41) is 12.7. The molecule has 1 aliphatic rings. The molecule has 1 aromatic heterocycles. The van der Waals surface area contributed by atoms with Gasteiger partial charge in [0.25, 0.3) is 5.91 Å². The third-order valence-corrected chi connectivity index (χ3v) is 6.06. The monoisotopic (exact) mass is 410 g/mol. The summed E-state index contributed by atoms with van der Waals surface area (Å²) in [4.78, 5) is 29.4. The number of benzene rings is 2. The molecule has 2 N–H and O–H groups in total. The Kier molecular flexibility index (Phi) is 5.49. The fourth-order valence-corrected chi connectivity index (χ4v) is 4.55. The number of aryl methyl sites for hydroxylation is 1. The molecule has 3 aromatic rings. The van der Waals surface area contributed by atoms with Crippen molar-refractivity contribution in [1.82, 2.24) is 4.98 Å². The van der Waals surface area contributed by atoms with Gasteiger partial charge in [-0.2, -0.15) is 0 Å². The van der Waals surface area contributed by atoms with Crippen LogP contribution >= 0.6 is 11.8 Å². The highest BCUT2D eigenvalue weighted by molar-refractivity contribution is 8.00. The number of carbonyl (C=O) groups excluding carboxylic acids is 1. The number of thioether (sulfide) groups is 1. The smallest absolute Gasteiger partial charge is 0.313 e. The number of fused-ring (bicyclic) bond motifs is 2. The number of halogens is 1. The summed E-state index contributed by atoms with van der Waals surface area (Å²) >= 11 is 1.32. The topological polar surface area (TPSA) is 79.3 Å². The van der Waals surface area contributed by atoms with Crippen molar-refractivity contribution < 1.29 is 19.1 Å². The van der Waals surface area contributed by atoms with E-state index in [4.69, 9.17) is 10.1 Å². The standard InChI is InChI=1S/C22H19FN2O3S/c23-14-6-8-15(9-7-14)24-22(28)13-5-10-17-19(11-13)25-18-4-2-1-3-16(18)21(17)29-12-20(26)27/h5-11H,1-4,12H2,(H,24,28)(H,26,27). The second kappa shape index (κ2) is 8.21. The van der Waals surface area contributed by atoms with Crippen LogP contribution in [0.25, 0.3) is 10.9 Å². The van der Waals surface area contributed by atoms with Crippen LogP contribution in [0, 0.1) is 5.82 Å². The third kappa shape index (κ3) is 4.24. The van der Waals surface area contributed by atoms with E-state index in [1.54, 1.807) is 12.1 Å². The second-order valence-electron chi connectivity index (χ2n) is 6.95. The molecule has 5 nitrogen and oxygen atoms in total. The highest BCUT2D eigenvalue weighted by atomic mass is 32.2. The number of pyridine rings is 1. The Bertz CT molecular complexity index is 1100. The zero-order valence-corrected chi connectivity index (χ0v) is 16.4. The summed E-state index contributed by atoms with van der Waals surface area (Å²) in [7, 11) is 0. The molecule has 1 aliphatic carbocycles. The molecule has 0 spiro atoms. The quantitative estimate of drug-likeness (QED) is 0.597. The van der Waals surface area contributed by atoms with Crippen molar-refractivity contribution in [3.8, 4) is 0 Å². The first-order valence-electron chi connectivity index (χ1n) is 9.38. The minimum atomic E-state index is -0.861. The first-order valence-corrected chi connectivity index (χ1v) is 10.4. The van der Waals surface area contributed by atoms with Gasteiger partial charge in [-0.05, 0) is 67.6 Å². The first kappa shape index (κ1) is 19.4. The molecule has 148 valence electrons. The lowest BCUT2D eigenvalue weighted by molar-refractivity contribution is -0.133. The summed E-state index contributed by atoms with van der Waals surface area (Å²) in [5.74, 6) is -1.55. The Morgan fingerprint density at radius 3 is 2.62 bits per heavy atom. The normalized spacial score (nSPS) is 13.1. The Morgan fingerprint density at radius 1 is 1.10 bits per heavy atom.